The van der Waals surface area contributed by atoms with Crippen LogP contribution in [-0.2, 0) is 6.18 Å². The first-order chi connectivity index (χ1) is 19.6. The largest absolute Gasteiger partial charge is 0.462 e. The highest BCUT2D eigenvalue weighted by Crippen LogP contribution is 2.36. The molecule has 2 atom stereocenters. The van der Waals surface area contributed by atoms with Crippen molar-refractivity contribution in [2.24, 2.45) is 0 Å². The normalized spacial score (nSPS) is 20.3. The van der Waals surface area contributed by atoms with Crippen LogP contribution in [0, 0.1) is 0 Å². The number of alkyl halides is 3. The zero-order valence-electron chi connectivity index (χ0n) is 22.6. The first-order valence-electron chi connectivity index (χ1n) is 13.5. The van der Waals surface area contributed by atoms with E-state index in [0.717, 1.165) is 19.4 Å². The number of likely N-dealkylation sites (tertiary alicyclic amines) is 1. The Morgan fingerprint density at radius 1 is 1.10 bits per heavy atom. The maximum atomic E-state index is 14.7. The Morgan fingerprint density at radius 3 is 2.59 bits per heavy atom. The smallest absolute Gasteiger partial charge is 0.450 e. The summed E-state index contributed by atoms with van der Waals surface area (Å²) in [5.41, 5.74) is -1.49. The first kappa shape index (κ1) is 27.7. The molecule has 2 aliphatic rings. The van der Waals surface area contributed by atoms with Gasteiger partial charge < -0.3 is 19.9 Å². The van der Waals surface area contributed by atoms with Gasteiger partial charge in [0.15, 0.2) is 11.3 Å². The molecule has 1 N–H and O–H groups in total. The molecule has 2 aromatic carbocycles. The van der Waals surface area contributed by atoms with Gasteiger partial charge in [-0.2, -0.15) is 23.1 Å². The Balaban J connectivity index is 1.61. The van der Waals surface area contributed by atoms with Gasteiger partial charge in [0.2, 0.25) is 5.82 Å². The van der Waals surface area contributed by atoms with Gasteiger partial charge in [0, 0.05) is 37.1 Å². The second-order valence-corrected chi connectivity index (χ2v) is 11.0. The first-order valence-corrected chi connectivity index (χ1v) is 13.9. The number of fused-ring (bicyclic) bond motifs is 2. The van der Waals surface area contributed by atoms with Crippen LogP contribution in [0.15, 0.2) is 41.2 Å². The molecule has 0 aliphatic carbocycles. The number of anilines is 1. The Morgan fingerprint density at radius 2 is 1.88 bits per heavy atom. The molecule has 0 radical (unpaired) electrons. The third-order valence-electron chi connectivity index (χ3n) is 7.86. The molecule has 2 aliphatic heterocycles. The summed E-state index contributed by atoms with van der Waals surface area (Å²) >= 11 is 6.45. The van der Waals surface area contributed by atoms with Crippen molar-refractivity contribution in [2.75, 3.05) is 44.7 Å². The van der Waals surface area contributed by atoms with Crippen molar-refractivity contribution in [1.82, 2.24) is 29.7 Å². The van der Waals surface area contributed by atoms with Crippen LogP contribution in [-0.4, -0.2) is 76.3 Å². The maximum absolute atomic E-state index is 14.7. The third kappa shape index (κ3) is 5.08. The summed E-state index contributed by atoms with van der Waals surface area (Å²) < 4.78 is 50.5. The number of nitrogens with one attached hydrogen (secondary N) is 1. The lowest BCUT2D eigenvalue weighted by atomic mass is 10.1. The van der Waals surface area contributed by atoms with Crippen molar-refractivity contribution in [3.05, 3.63) is 57.6 Å². The third-order valence-corrected chi connectivity index (χ3v) is 8.17. The molecule has 6 rings (SSSR count). The number of hydrogen-bond donors (Lipinski definition) is 1. The molecule has 4 heterocycles. The number of benzene rings is 2. The lowest BCUT2D eigenvalue weighted by Gasteiger charge is -2.35. The second-order valence-electron chi connectivity index (χ2n) is 10.6. The maximum Gasteiger partial charge on any atom is 0.450 e. The van der Waals surface area contributed by atoms with E-state index in [2.05, 4.69) is 25.2 Å². The zero-order chi connectivity index (χ0) is 28.9. The standard InChI is InChI=1S/C28H29ClF3N7O2/c1-16-14-33-11-13-38(16)24-22-23(35-27(36-24)41-15-18-8-5-12-37(18)2)25(40)39(26(34-22)28(30,31)32)20-10-4-7-17-6-3-9-19(29)21(17)20/h3-4,6-7,9-10,16,18,33H,5,8,11-15H2,1-2H3/t16-,18-/m0/s1. The van der Waals surface area contributed by atoms with E-state index in [0.29, 0.717) is 41.6 Å². The number of rotatable bonds is 5. The molecular weight excluding hydrogens is 559 g/mol. The molecule has 4 aromatic rings. The summed E-state index contributed by atoms with van der Waals surface area (Å²) in [5, 5.41) is 4.36. The van der Waals surface area contributed by atoms with E-state index in [1.54, 1.807) is 30.3 Å². The van der Waals surface area contributed by atoms with Crippen molar-refractivity contribution < 1.29 is 17.9 Å². The monoisotopic (exact) mass is 587 g/mol. The van der Waals surface area contributed by atoms with E-state index < -0.39 is 17.6 Å². The molecule has 9 nitrogen and oxygen atoms in total. The Labute approximate surface area is 238 Å². The fourth-order valence-corrected chi connectivity index (χ4v) is 5.97. The van der Waals surface area contributed by atoms with Crippen molar-refractivity contribution >= 4 is 39.2 Å². The minimum Gasteiger partial charge on any atom is -0.462 e. The highest BCUT2D eigenvalue weighted by Gasteiger charge is 2.40. The summed E-state index contributed by atoms with van der Waals surface area (Å²) in [6.07, 6.45) is -2.99. The van der Waals surface area contributed by atoms with Gasteiger partial charge in [0.25, 0.3) is 5.56 Å². The number of ether oxygens (including phenoxy) is 1. The van der Waals surface area contributed by atoms with Crippen LogP contribution in [0.3, 0.4) is 0 Å². The lowest BCUT2D eigenvalue weighted by molar-refractivity contribution is -0.146. The van der Waals surface area contributed by atoms with Crippen LogP contribution in [0.25, 0.3) is 27.5 Å². The van der Waals surface area contributed by atoms with Crippen molar-refractivity contribution in [2.45, 2.75) is 38.0 Å². The minimum atomic E-state index is -4.97. The molecule has 2 saturated heterocycles. The Hall–Kier alpha value is -3.48. The fraction of sp³-hybridized carbons (Fsp3) is 0.429. The summed E-state index contributed by atoms with van der Waals surface area (Å²) in [5.74, 6) is -1.24. The number of piperazine rings is 1. The number of aromatic nitrogens is 4. The van der Waals surface area contributed by atoms with Crippen LogP contribution in [0.4, 0.5) is 19.0 Å². The molecule has 0 bridgehead atoms. The molecule has 0 amide bonds. The van der Waals surface area contributed by atoms with Gasteiger partial charge in [-0.3, -0.25) is 9.36 Å². The van der Waals surface area contributed by atoms with Crippen LogP contribution < -0.4 is 20.5 Å². The van der Waals surface area contributed by atoms with Crippen molar-refractivity contribution in [1.29, 1.82) is 0 Å². The molecule has 13 heteroatoms. The fourth-order valence-electron chi connectivity index (χ4n) is 5.69. The zero-order valence-corrected chi connectivity index (χ0v) is 23.3. The van der Waals surface area contributed by atoms with E-state index in [4.69, 9.17) is 16.3 Å². The van der Waals surface area contributed by atoms with E-state index in [1.165, 1.54) is 6.07 Å². The predicted octanol–water partition coefficient (Wildman–Crippen LogP) is 4.27. The molecule has 41 heavy (non-hydrogen) atoms. The molecule has 2 aromatic heterocycles. The summed E-state index contributed by atoms with van der Waals surface area (Å²) in [6, 6.07) is 9.66. The molecule has 0 unspecified atom stereocenters. The topological polar surface area (TPSA) is 88.4 Å². The van der Waals surface area contributed by atoms with Crippen molar-refractivity contribution in [3.8, 4) is 11.7 Å². The Kier molecular flexibility index (Phi) is 7.25. The predicted molar refractivity (Wildman–Crippen MR) is 151 cm³/mol. The average Bonchev–Trinajstić information content (AvgIpc) is 3.36. The summed E-state index contributed by atoms with van der Waals surface area (Å²) in [7, 11) is 2.01. The van der Waals surface area contributed by atoms with Crippen LogP contribution >= 0.6 is 11.6 Å². The van der Waals surface area contributed by atoms with Gasteiger partial charge in [0.05, 0.1) is 10.7 Å². The molecular formula is C28H29ClF3N7O2. The average molecular weight is 588 g/mol. The lowest BCUT2D eigenvalue weighted by Crippen LogP contribution is -2.50. The molecule has 0 saturated carbocycles. The van der Waals surface area contributed by atoms with Crippen LogP contribution in [0.5, 0.6) is 6.01 Å². The van der Waals surface area contributed by atoms with Gasteiger partial charge in [-0.05, 0) is 50.9 Å². The summed E-state index contributed by atoms with van der Waals surface area (Å²) in [6.45, 7) is 4.81. The number of nitrogens with zero attached hydrogens (tertiary/aromatic N) is 6. The minimum absolute atomic E-state index is 0.0365. The van der Waals surface area contributed by atoms with Gasteiger partial charge in [-0.15, -0.1) is 0 Å². The van der Waals surface area contributed by atoms with E-state index in [1.807, 2.05) is 18.9 Å². The number of hydrogen-bond acceptors (Lipinski definition) is 8. The van der Waals surface area contributed by atoms with E-state index >= 15 is 0 Å². The SMILES string of the molecule is C[C@H]1CNCCN1c1nc(OC[C@@H]2CCCN2C)nc2c(=O)n(-c3cccc4cccc(Cl)c34)c(C(F)(F)F)nc12. The van der Waals surface area contributed by atoms with Crippen LogP contribution in [0.1, 0.15) is 25.6 Å². The quantitative estimate of drug-likeness (QED) is 0.370. The van der Waals surface area contributed by atoms with Gasteiger partial charge in [0.1, 0.15) is 12.1 Å². The van der Waals surface area contributed by atoms with Crippen LogP contribution in [0.2, 0.25) is 5.02 Å². The van der Waals surface area contributed by atoms with E-state index in [9.17, 15) is 18.0 Å². The second kappa shape index (κ2) is 10.7. The molecule has 0 spiro atoms. The highest BCUT2D eigenvalue weighted by molar-refractivity contribution is 6.36. The van der Waals surface area contributed by atoms with Gasteiger partial charge in [-0.1, -0.05) is 35.9 Å². The van der Waals surface area contributed by atoms with Gasteiger partial charge in [-0.25, -0.2) is 4.98 Å². The van der Waals surface area contributed by atoms with Crippen molar-refractivity contribution in [3.63, 3.8) is 0 Å². The Bertz CT molecular complexity index is 1670. The molecule has 2 fully saturated rings. The van der Waals surface area contributed by atoms with E-state index in [-0.39, 0.29) is 45.7 Å². The summed E-state index contributed by atoms with van der Waals surface area (Å²) in [4.78, 5) is 31.1. The van der Waals surface area contributed by atoms with Gasteiger partial charge >= 0.3 is 12.2 Å². The molecule has 216 valence electrons. The highest BCUT2D eigenvalue weighted by atomic mass is 35.5. The number of likely N-dealkylation sites (N-methyl/N-ethyl adjacent to an activating group) is 1. The number of halogens is 4.